The molecule has 1 atom stereocenters. The van der Waals surface area contributed by atoms with Crippen molar-refractivity contribution < 1.29 is 4.59 Å². The van der Waals surface area contributed by atoms with Crippen LogP contribution in [0.15, 0.2) is 17.4 Å². The zero-order valence-corrected chi connectivity index (χ0v) is 10.9. The molecule has 3 aliphatic rings. The lowest BCUT2D eigenvalue weighted by Gasteiger charge is -2.36. The quantitative estimate of drug-likeness (QED) is 0.657. The first kappa shape index (κ1) is 11.5. The molecule has 2 heteroatoms. The van der Waals surface area contributed by atoms with E-state index in [4.69, 9.17) is 5.10 Å². The van der Waals surface area contributed by atoms with E-state index >= 15 is 0 Å². The summed E-state index contributed by atoms with van der Waals surface area (Å²) in [7, 11) is 0. The first-order chi connectivity index (χ1) is 8.39. The van der Waals surface area contributed by atoms with Crippen LogP contribution in [0, 0.1) is 5.92 Å². The van der Waals surface area contributed by atoms with Gasteiger partial charge in [0.1, 0.15) is 18.8 Å². The van der Waals surface area contributed by atoms with E-state index in [0.717, 1.165) is 16.6 Å². The highest BCUT2D eigenvalue weighted by atomic mass is 15.6. The Morgan fingerprint density at radius 2 is 1.65 bits per heavy atom. The van der Waals surface area contributed by atoms with Crippen molar-refractivity contribution in [2.24, 2.45) is 11.0 Å². The molecule has 0 aromatic heterocycles. The fraction of sp³-hybridized carbons (Fsp3) is 0.800. The van der Waals surface area contributed by atoms with Crippen molar-refractivity contribution in [1.82, 2.24) is 0 Å². The molecule has 1 unspecified atom stereocenters. The Labute approximate surface area is 105 Å². The second kappa shape index (κ2) is 4.93. The van der Waals surface area contributed by atoms with Crippen molar-refractivity contribution in [3.05, 3.63) is 12.3 Å². The van der Waals surface area contributed by atoms with Crippen LogP contribution in [0.3, 0.4) is 0 Å². The summed E-state index contributed by atoms with van der Waals surface area (Å²) in [5.41, 5.74) is 0. The van der Waals surface area contributed by atoms with Crippen LogP contribution in [0.25, 0.3) is 0 Å². The van der Waals surface area contributed by atoms with Crippen LogP contribution in [0.4, 0.5) is 0 Å². The molecule has 0 bridgehead atoms. The Morgan fingerprint density at radius 3 is 2.29 bits per heavy atom. The molecule has 0 spiro atoms. The van der Waals surface area contributed by atoms with Crippen LogP contribution in [0.1, 0.15) is 57.8 Å². The Bertz CT molecular complexity index is 295. The lowest BCUT2D eigenvalue weighted by atomic mass is 9.88. The minimum absolute atomic E-state index is 0.784. The molecule has 17 heavy (non-hydrogen) atoms. The third kappa shape index (κ3) is 2.33. The predicted molar refractivity (Wildman–Crippen MR) is 71.6 cm³/mol. The average molecular weight is 233 g/mol. The smallest absolute Gasteiger partial charge is 0.124 e. The maximum atomic E-state index is 4.84. The second-order valence-corrected chi connectivity index (χ2v) is 6.12. The molecule has 0 aromatic carbocycles. The Hall–Kier alpha value is -0.630. The highest BCUT2D eigenvalue weighted by Gasteiger charge is 2.41. The van der Waals surface area contributed by atoms with Gasteiger partial charge in [0.25, 0.3) is 0 Å². The van der Waals surface area contributed by atoms with E-state index in [2.05, 4.69) is 12.3 Å². The summed E-state index contributed by atoms with van der Waals surface area (Å²) in [6, 6.07) is 0.784. The maximum absolute atomic E-state index is 4.84. The summed E-state index contributed by atoms with van der Waals surface area (Å²) >= 11 is 0. The number of nitrogens with zero attached hydrogens (tertiary/aromatic N) is 2. The van der Waals surface area contributed by atoms with E-state index in [-0.39, 0.29) is 0 Å². The molecule has 0 amide bonds. The number of quaternary nitrogens is 1. The van der Waals surface area contributed by atoms with Gasteiger partial charge in [-0.15, -0.1) is 0 Å². The highest BCUT2D eigenvalue weighted by Crippen LogP contribution is 2.36. The SMILES string of the molecule is C1=C[N+](CC2CCCCC2)(C2CCCC2)N=C1. The number of hydrogen-bond acceptors (Lipinski definition) is 1. The summed E-state index contributed by atoms with van der Waals surface area (Å²) in [5, 5.41) is 4.84. The molecule has 3 rings (SSSR count). The minimum Gasteiger partial charge on any atom is -0.169 e. The first-order valence-corrected chi connectivity index (χ1v) is 7.50. The summed E-state index contributed by atoms with van der Waals surface area (Å²) in [6.07, 6.45) is 19.4. The van der Waals surface area contributed by atoms with Crippen LogP contribution >= 0.6 is 0 Å². The van der Waals surface area contributed by atoms with Gasteiger partial charge in [-0.1, -0.05) is 24.4 Å². The van der Waals surface area contributed by atoms with Crippen LogP contribution in [0.5, 0.6) is 0 Å². The zero-order valence-electron chi connectivity index (χ0n) is 10.9. The minimum atomic E-state index is 0.784. The molecule has 2 aliphatic carbocycles. The van der Waals surface area contributed by atoms with Crippen LogP contribution in [-0.4, -0.2) is 23.4 Å². The van der Waals surface area contributed by atoms with Crippen molar-refractivity contribution in [3.8, 4) is 0 Å². The molecule has 94 valence electrons. The monoisotopic (exact) mass is 233 g/mol. The second-order valence-electron chi connectivity index (χ2n) is 6.12. The van der Waals surface area contributed by atoms with Gasteiger partial charge in [-0.05, 0) is 25.7 Å². The van der Waals surface area contributed by atoms with Gasteiger partial charge in [0.05, 0.1) is 6.21 Å². The molecule has 0 saturated heterocycles. The fourth-order valence-electron chi connectivity index (χ4n) is 4.00. The molecule has 1 aliphatic heterocycles. The molecule has 0 radical (unpaired) electrons. The lowest BCUT2D eigenvalue weighted by Crippen LogP contribution is -2.47. The molecule has 2 nitrogen and oxygen atoms in total. The number of hydrogen-bond donors (Lipinski definition) is 0. The molecule has 0 aromatic rings. The van der Waals surface area contributed by atoms with Crippen molar-refractivity contribution in [1.29, 1.82) is 0 Å². The summed E-state index contributed by atoms with van der Waals surface area (Å²) in [5.74, 6) is 0.921. The Morgan fingerprint density at radius 1 is 0.941 bits per heavy atom. The molecule has 2 saturated carbocycles. The van der Waals surface area contributed by atoms with E-state index in [1.54, 1.807) is 0 Å². The predicted octanol–water partition coefficient (Wildman–Crippen LogP) is 3.84. The molecular formula is C15H25N2+. The number of rotatable bonds is 3. The third-order valence-corrected chi connectivity index (χ3v) is 4.94. The van der Waals surface area contributed by atoms with Gasteiger partial charge in [-0.25, -0.2) is 0 Å². The van der Waals surface area contributed by atoms with Crippen LogP contribution in [-0.2, 0) is 0 Å². The Balaban J connectivity index is 1.70. The lowest BCUT2D eigenvalue weighted by molar-refractivity contribution is -0.911. The van der Waals surface area contributed by atoms with E-state index in [1.165, 1.54) is 64.3 Å². The van der Waals surface area contributed by atoms with Gasteiger partial charge >= 0.3 is 0 Å². The normalized spacial score (nSPS) is 34.8. The highest BCUT2D eigenvalue weighted by molar-refractivity contribution is 5.71. The molecular weight excluding hydrogens is 208 g/mol. The topological polar surface area (TPSA) is 12.4 Å². The van der Waals surface area contributed by atoms with E-state index < -0.39 is 0 Å². The van der Waals surface area contributed by atoms with Gasteiger partial charge in [0.15, 0.2) is 0 Å². The van der Waals surface area contributed by atoms with Gasteiger partial charge in [0, 0.05) is 24.8 Å². The Kier molecular flexibility index (Phi) is 3.32. The summed E-state index contributed by atoms with van der Waals surface area (Å²) < 4.78 is 0.949. The standard InChI is InChI=1S/C15H25N2/c1-2-7-14(8-3-1)13-17(12-6-11-16-17)15-9-4-5-10-15/h6,11-12,14-15H,1-5,7-10,13H2/q+1. The van der Waals surface area contributed by atoms with Gasteiger partial charge in [-0.2, -0.15) is 4.59 Å². The van der Waals surface area contributed by atoms with Crippen LogP contribution < -0.4 is 0 Å². The maximum Gasteiger partial charge on any atom is 0.124 e. The molecule has 1 heterocycles. The molecule has 0 N–H and O–H groups in total. The van der Waals surface area contributed by atoms with Crippen molar-refractivity contribution in [2.45, 2.75) is 63.8 Å². The van der Waals surface area contributed by atoms with E-state index in [1.807, 2.05) is 6.21 Å². The van der Waals surface area contributed by atoms with Gasteiger partial charge in [0.2, 0.25) is 0 Å². The largest absolute Gasteiger partial charge is 0.169 e. The van der Waals surface area contributed by atoms with Crippen molar-refractivity contribution >= 4 is 6.21 Å². The van der Waals surface area contributed by atoms with Gasteiger partial charge < -0.3 is 0 Å². The van der Waals surface area contributed by atoms with E-state index in [9.17, 15) is 0 Å². The fourth-order valence-corrected chi connectivity index (χ4v) is 4.00. The summed E-state index contributed by atoms with van der Waals surface area (Å²) in [4.78, 5) is 0. The molecule has 2 fully saturated rings. The van der Waals surface area contributed by atoms with E-state index in [0.29, 0.717) is 0 Å². The van der Waals surface area contributed by atoms with Crippen LogP contribution in [0.2, 0.25) is 0 Å². The number of allylic oxidation sites excluding steroid dienone is 1. The first-order valence-electron chi connectivity index (χ1n) is 7.50. The zero-order chi connectivity index (χ0) is 11.6. The van der Waals surface area contributed by atoms with Crippen molar-refractivity contribution in [3.63, 3.8) is 0 Å². The summed E-state index contributed by atoms with van der Waals surface area (Å²) in [6.45, 7) is 1.28. The third-order valence-electron chi connectivity index (χ3n) is 4.94. The average Bonchev–Trinajstić information content (AvgIpc) is 3.01. The van der Waals surface area contributed by atoms with Crippen molar-refractivity contribution in [2.75, 3.05) is 6.54 Å². The van der Waals surface area contributed by atoms with Gasteiger partial charge in [-0.3, -0.25) is 0 Å².